The lowest BCUT2D eigenvalue weighted by Crippen LogP contribution is -2.42. The van der Waals surface area contributed by atoms with E-state index < -0.39 is 5.97 Å². The van der Waals surface area contributed by atoms with E-state index in [4.69, 9.17) is 9.15 Å². The first-order valence-corrected chi connectivity index (χ1v) is 10.6. The number of hydrogen-bond acceptors (Lipinski definition) is 4. The molecule has 1 N–H and O–H groups in total. The maximum absolute atomic E-state index is 12.5. The van der Waals surface area contributed by atoms with Gasteiger partial charge in [-0.05, 0) is 76.0 Å². The molecule has 2 aliphatic rings. The molecule has 1 amide bonds. The lowest BCUT2D eigenvalue weighted by atomic mass is 9.84. The van der Waals surface area contributed by atoms with Crippen LogP contribution in [0, 0.1) is 31.6 Å². The van der Waals surface area contributed by atoms with Gasteiger partial charge in [-0.25, -0.2) is 4.79 Å². The number of aromatic nitrogens is 1. The molecule has 0 spiro atoms. The first-order chi connectivity index (χ1) is 13.9. The second kappa shape index (κ2) is 8.09. The van der Waals surface area contributed by atoms with E-state index in [1.165, 1.54) is 25.7 Å². The first kappa shape index (κ1) is 19.8. The standard InChI is InChI=1S/C23H30N2O4/c1-14-9-21(16(3)25(14)12-19-5-4-8-28-19)23(27)29-13-22(26)24-15(2)20-11-17-6-7-18(20)10-17/h4-5,8-9,15,17-18,20H,6-7,10-13H2,1-3H3,(H,24,26)/t15-,17-,18-,20+/m0/s1. The van der Waals surface area contributed by atoms with Crippen LogP contribution in [0.3, 0.4) is 0 Å². The number of furan rings is 1. The Balaban J connectivity index is 1.31. The second-order valence-corrected chi connectivity index (χ2v) is 8.72. The van der Waals surface area contributed by atoms with Crippen LogP contribution in [-0.2, 0) is 16.1 Å². The van der Waals surface area contributed by atoms with Gasteiger partial charge in [-0.15, -0.1) is 0 Å². The van der Waals surface area contributed by atoms with Crippen LogP contribution in [0.15, 0.2) is 28.9 Å². The van der Waals surface area contributed by atoms with Gasteiger partial charge in [-0.2, -0.15) is 0 Å². The van der Waals surface area contributed by atoms with Gasteiger partial charge in [0.1, 0.15) is 5.76 Å². The number of nitrogens with one attached hydrogen (secondary N) is 1. The van der Waals surface area contributed by atoms with Gasteiger partial charge in [0.25, 0.3) is 5.91 Å². The number of aryl methyl sites for hydroxylation is 1. The number of esters is 1. The molecule has 4 rings (SSSR count). The van der Waals surface area contributed by atoms with Crippen molar-refractivity contribution in [2.75, 3.05) is 6.61 Å². The zero-order valence-electron chi connectivity index (χ0n) is 17.4. The van der Waals surface area contributed by atoms with Crippen LogP contribution in [-0.4, -0.2) is 29.1 Å². The number of amides is 1. The fraction of sp³-hybridized carbons (Fsp3) is 0.565. The van der Waals surface area contributed by atoms with Crippen molar-refractivity contribution in [1.82, 2.24) is 9.88 Å². The van der Waals surface area contributed by atoms with Crippen LogP contribution in [0.5, 0.6) is 0 Å². The Kier molecular flexibility index (Phi) is 5.52. The molecule has 2 aromatic heterocycles. The van der Waals surface area contributed by atoms with Crippen LogP contribution < -0.4 is 5.32 Å². The highest BCUT2D eigenvalue weighted by atomic mass is 16.5. The molecule has 2 heterocycles. The number of rotatable bonds is 7. The van der Waals surface area contributed by atoms with Gasteiger partial charge in [-0.1, -0.05) is 6.42 Å². The number of carbonyl (C=O) groups excluding carboxylic acids is 2. The minimum absolute atomic E-state index is 0.134. The molecule has 0 radical (unpaired) electrons. The summed E-state index contributed by atoms with van der Waals surface area (Å²) in [5.41, 5.74) is 2.24. The number of ether oxygens (including phenoxy) is 1. The molecule has 2 fully saturated rings. The summed E-state index contributed by atoms with van der Waals surface area (Å²) in [4.78, 5) is 24.9. The molecule has 0 saturated heterocycles. The first-order valence-electron chi connectivity index (χ1n) is 10.6. The Morgan fingerprint density at radius 1 is 1.31 bits per heavy atom. The molecule has 4 atom stereocenters. The number of fused-ring (bicyclic) bond motifs is 2. The Morgan fingerprint density at radius 3 is 2.79 bits per heavy atom. The Hall–Kier alpha value is -2.50. The molecular weight excluding hydrogens is 368 g/mol. The average Bonchev–Trinajstić information content (AvgIpc) is 3.48. The molecule has 0 unspecified atom stereocenters. The largest absolute Gasteiger partial charge is 0.467 e. The minimum Gasteiger partial charge on any atom is -0.467 e. The summed E-state index contributed by atoms with van der Waals surface area (Å²) < 4.78 is 12.7. The van der Waals surface area contributed by atoms with Crippen molar-refractivity contribution in [2.45, 2.75) is 59.0 Å². The van der Waals surface area contributed by atoms with E-state index in [0.29, 0.717) is 18.0 Å². The van der Waals surface area contributed by atoms with E-state index >= 15 is 0 Å². The summed E-state index contributed by atoms with van der Waals surface area (Å²) in [5.74, 6) is 2.29. The third-order valence-electron chi connectivity index (χ3n) is 6.85. The molecule has 2 saturated carbocycles. The minimum atomic E-state index is -0.466. The Bertz CT molecular complexity index is 883. The highest BCUT2D eigenvalue weighted by Crippen LogP contribution is 2.49. The molecule has 6 nitrogen and oxygen atoms in total. The summed E-state index contributed by atoms with van der Waals surface area (Å²) in [6.45, 7) is 6.21. The monoisotopic (exact) mass is 398 g/mol. The zero-order valence-corrected chi connectivity index (χ0v) is 17.4. The summed E-state index contributed by atoms with van der Waals surface area (Å²) in [6, 6.07) is 5.68. The van der Waals surface area contributed by atoms with E-state index in [0.717, 1.165) is 29.0 Å². The lowest BCUT2D eigenvalue weighted by Gasteiger charge is -2.28. The summed E-state index contributed by atoms with van der Waals surface area (Å²) in [5, 5.41) is 3.04. The van der Waals surface area contributed by atoms with Gasteiger partial charge in [0.05, 0.1) is 18.4 Å². The van der Waals surface area contributed by atoms with Gasteiger partial charge >= 0.3 is 5.97 Å². The number of carbonyl (C=O) groups is 2. The summed E-state index contributed by atoms with van der Waals surface area (Å²) in [7, 11) is 0. The number of hydrogen-bond donors (Lipinski definition) is 1. The SMILES string of the molecule is Cc1cc(C(=O)OCC(=O)N[C@@H](C)[C@H]2C[C@H]3CC[C@H]2C3)c(C)n1Cc1ccco1. The molecule has 29 heavy (non-hydrogen) atoms. The highest BCUT2D eigenvalue weighted by molar-refractivity contribution is 5.92. The van der Waals surface area contributed by atoms with Crippen LogP contribution in [0.25, 0.3) is 0 Å². The molecule has 156 valence electrons. The van der Waals surface area contributed by atoms with Crippen molar-refractivity contribution >= 4 is 11.9 Å². The van der Waals surface area contributed by atoms with E-state index in [2.05, 4.69) is 12.2 Å². The van der Waals surface area contributed by atoms with Gasteiger partial charge in [0.15, 0.2) is 6.61 Å². The molecule has 2 aliphatic carbocycles. The van der Waals surface area contributed by atoms with Gasteiger partial charge in [-0.3, -0.25) is 4.79 Å². The highest BCUT2D eigenvalue weighted by Gasteiger charge is 2.42. The van der Waals surface area contributed by atoms with Crippen molar-refractivity contribution in [1.29, 1.82) is 0 Å². The van der Waals surface area contributed by atoms with Crippen LogP contribution in [0.1, 0.15) is 60.1 Å². The van der Waals surface area contributed by atoms with Crippen molar-refractivity contribution in [3.63, 3.8) is 0 Å². The molecule has 0 aliphatic heterocycles. The van der Waals surface area contributed by atoms with Crippen LogP contribution >= 0.6 is 0 Å². The fourth-order valence-electron chi connectivity index (χ4n) is 5.33. The molecule has 2 bridgehead atoms. The third kappa shape index (κ3) is 4.11. The summed E-state index contributed by atoms with van der Waals surface area (Å²) in [6.07, 6.45) is 6.80. The second-order valence-electron chi connectivity index (χ2n) is 8.72. The van der Waals surface area contributed by atoms with Crippen molar-refractivity contribution in [2.24, 2.45) is 17.8 Å². The molecular formula is C23H30N2O4. The van der Waals surface area contributed by atoms with Crippen molar-refractivity contribution in [3.8, 4) is 0 Å². The van der Waals surface area contributed by atoms with E-state index in [-0.39, 0.29) is 18.6 Å². The predicted molar refractivity (Wildman–Crippen MR) is 109 cm³/mol. The van der Waals surface area contributed by atoms with Gasteiger partial charge in [0, 0.05) is 17.4 Å². The van der Waals surface area contributed by atoms with E-state index in [1.54, 1.807) is 12.3 Å². The maximum Gasteiger partial charge on any atom is 0.340 e. The Labute approximate surface area is 171 Å². The van der Waals surface area contributed by atoms with E-state index in [9.17, 15) is 9.59 Å². The molecule has 6 heteroatoms. The number of nitrogens with zero attached hydrogens (tertiary/aromatic N) is 1. The smallest absolute Gasteiger partial charge is 0.340 e. The zero-order chi connectivity index (χ0) is 20.5. The fourth-order valence-corrected chi connectivity index (χ4v) is 5.33. The topological polar surface area (TPSA) is 73.5 Å². The third-order valence-corrected chi connectivity index (χ3v) is 6.85. The molecule has 0 aromatic carbocycles. The van der Waals surface area contributed by atoms with E-state index in [1.807, 2.05) is 30.5 Å². The summed E-state index contributed by atoms with van der Waals surface area (Å²) >= 11 is 0. The van der Waals surface area contributed by atoms with Crippen molar-refractivity contribution < 1.29 is 18.7 Å². The predicted octanol–water partition coefficient (Wildman–Crippen LogP) is 3.84. The van der Waals surface area contributed by atoms with Gasteiger partial charge < -0.3 is 19.0 Å². The van der Waals surface area contributed by atoms with Crippen LogP contribution in [0.2, 0.25) is 0 Å². The Morgan fingerprint density at radius 2 is 2.14 bits per heavy atom. The lowest BCUT2D eigenvalue weighted by molar-refractivity contribution is -0.125. The van der Waals surface area contributed by atoms with Crippen molar-refractivity contribution in [3.05, 3.63) is 47.2 Å². The average molecular weight is 399 g/mol. The maximum atomic E-state index is 12.5. The molecule has 2 aromatic rings. The van der Waals surface area contributed by atoms with Crippen LogP contribution in [0.4, 0.5) is 0 Å². The normalized spacial score (nSPS) is 23.9. The quantitative estimate of drug-likeness (QED) is 0.719. The van der Waals surface area contributed by atoms with Gasteiger partial charge in [0.2, 0.25) is 0 Å².